The molecule has 112 valence electrons. The van der Waals surface area contributed by atoms with Gasteiger partial charge in [0.2, 0.25) is 10.0 Å². The van der Waals surface area contributed by atoms with Gasteiger partial charge in [0.25, 0.3) is 0 Å². The Morgan fingerprint density at radius 3 is 2.40 bits per heavy atom. The molecule has 1 saturated heterocycles. The zero-order chi connectivity index (χ0) is 14.9. The fourth-order valence-corrected chi connectivity index (χ4v) is 4.13. The second-order valence-electron chi connectivity index (χ2n) is 4.72. The van der Waals surface area contributed by atoms with E-state index in [0.717, 1.165) is 6.07 Å². The lowest BCUT2D eigenvalue weighted by Gasteiger charge is -2.31. The summed E-state index contributed by atoms with van der Waals surface area (Å²) in [6.45, 7) is 1.90. The summed E-state index contributed by atoms with van der Waals surface area (Å²) >= 11 is 11.5. The molecule has 0 radical (unpaired) electrons. The van der Waals surface area contributed by atoms with Crippen LogP contribution in [0.15, 0.2) is 17.0 Å². The highest BCUT2D eigenvalue weighted by molar-refractivity contribution is 7.89. The van der Waals surface area contributed by atoms with Gasteiger partial charge in [0.1, 0.15) is 10.7 Å². The van der Waals surface area contributed by atoms with Gasteiger partial charge in [-0.1, -0.05) is 11.6 Å². The van der Waals surface area contributed by atoms with Gasteiger partial charge in [-0.2, -0.15) is 4.31 Å². The average molecular weight is 341 g/mol. The summed E-state index contributed by atoms with van der Waals surface area (Å²) in [5.74, 6) is -0.944. The second kappa shape index (κ2) is 6.15. The zero-order valence-corrected chi connectivity index (χ0v) is 13.3. The number of sulfonamides is 1. The Labute approximate surface area is 128 Å². The van der Waals surface area contributed by atoms with Gasteiger partial charge in [0.15, 0.2) is 0 Å². The maximum atomic E-state index is 14.2. The van der Waals surface area contributed by atoms with Gasteiger partial charge < -0.3 is 4.90 Å². The SMILES string of the molecule is CN1CCN(S(=O)(=O)c2cc(Cl)cc(CCl)c2F)CC1. The molecule has 0 amide bonds. The highest BCUT2D eigenvalue weighted by atomic mass is 35.5. The van der Waals surface area contributed by atoms with Crippen LogP contribution in [0, 0.1) is 5.82 Å². The van der Waals surface area contributed by atoms with Gasteiger partial charge in [-0.25, -0.2) is 12.8 Å². The third kappa shape index (κ3) is 3.09. The molecule has 2 rings (SSSR count). The van der Waals surface area contributed by atoms with E-state index in [2.05, 4.69) is 0 Å². The van der Waals surface area contributed by atoms with Crippen molar-refractivity contribution in [3.63, 3.8) is 0 Å². The van der Waals surface area contributed by atoms with E-state index in [-0.39, 0.29) is 16.5 Å². The molecule has 1 aromatic carbocycles. The summed E-state index contributed by atoms with van der Waals surface area (Å²) < 4.78 is 40.5. The first-order chi connectivity index (χ1) is 9.36. The Hall–Kier alpha value is -0.400. The van der Waals surface area contributed by atoms with Crippen molar-refractivity contribution in [2.45, 2.75) is 10.8 Å². The molecule has 1 aliphatic rings. The summed E-state index contributed by atoms with van der Waals surface area (Å²) in [5, 5.41) is 0.162. The van der Waals surface area contributed by atoms with Crippen LogP contribution in [0.5, 0.6) is 0 Å². The van der Waals surface area contributed by atoms with Crippen molar-refractivity contribution >= 4 is 33.2 Å². The summed E-state index contributed by atoms with van der Waals surface area (Å²) in [6, 6.07) is 2.48. The molecule has 0 N–H and O–H groups in total. The Kier molecular flexibility index (Phi) is 4.92. The van der Waals surface area contributed by atoms with E-state index in [1.807, 2.05) is 11.9 Å². The molecular weight excluding hydrogens is 326 g/mol. The van der Waals surface area contributed by atoms with Crippen LogP contribution in [0.1, 0.15) is 5.56 Å². The third-order valence-electron chi connectivity index (χ3n) is 3.30. The lowest BCUT2D eigenvalue weighted by atomic mass is 10.2. The average Bonchev–Trinajstić information content (AvgIpc) is 2.41. The molecule has 0 bridgehead atoms. The molecule has 0 aliphatic carbocycles. The largest absolute Gasteiger partial charge is 0.304 e. The Bertz CT molecular complexity index is 602. The van der Waals surface area contributed by atoms with E-state index < -0.39 is 20.7 Å². The number of piperazine rings is 1. The minimum atomic E-state index is -3.88. The minimum Gasteiger partial charge on any atom is -0.304 e. The number of nitrogens with zero attached hydrogens (tertiary/aromatic N) is 2. The number of likely N-dealkylation sites (N-methyl/N-ethyl adjacent to an activating group) is 1. The molecule has 1 aliphatic heterocycles. The van der Waals surface area contributed by atoms with E-state index in [1.165, 1.54) is 10.4 Å². The Morgan fingerprint density at radius 1 is 1.25 bits per heavy atom. The van der Waals surface area contributed by atoms with Crippen LogP contribution in [-0.2, 0) is 15.9 Å². The van der Waals surface area contributed by atoms with Crippen molar-refractivity contribution in [1.29, 1.82) is 0 Å². The van der Waals surface area contributed by atoms with E-state index in [9.17, 15) is 12.8 Å². The first-order valence-electron chi connectivity index (χ1n) is 6.09. The molecule has 0 saturated carbocycles. The monoisotopic (exact) mass is 340 g/mol. The first kappa shape index (κ1) is 16.0. The predicted octanol–water partition coefficient (Wildman–Crippen LogP) is 2.15. The molecule has 4 nitrogen and oxygen atoms in total. The molecule has 0 unspecified atom stereocenters. The van der Waals surface area contributed by atoms with Crippen molar-refractivity contribution in [2.75, 3.05) is 33.2 Å². The quantitative estimate of drug-likeness (QED) is 0.791. The molecule has 1 heterocycles. The summed E-state index contributed by atoms with van der Waals surface area (Å²) in [7, 11) is -1.97. The summed E-state index contributed by atoms with van der Waals surface area (Å²) in [6.07, 6.45) is 0. The lowest BCUT2D eigenvalue weighted by molar-refractivity contribution is 0.222. The fourth-order valence-electron chi connectivity index (χ4n) is 2.07. The molecule has 0 spiro atoms. The molecule has 0 aromatic heterocycles. The van der Waals surface area contributed by atoms with Crippen LogP contribution in [-0.4, -0.2) is 50.8 Å². The van der Waals surface area contributed by atoms with Crippen LogP contribution in [0.4, 0.5) is 4.39 Å². The van der Waals surface area contributed by atoms with Crippen molar-refractivity contribution < 1.29 is 12.8 Å². The number of hydrogen-bond acceptors (Lipinski definition) is 3. The van der Waals surface area contributed by atoms with Gasteiger partial charge in [-0.15, -0.1) is 11.6 Å². The fraction of sp³-hybridized carbons (Fsp3) is 0.500. The predicted molar refractivity (Wildman–Crippen MR) is 77.2 cm³/mol. The minimum absolute atomic E-state index is 0.0897. The van der Waals surface area contributed by atoms with Crippen molar-refractivity contribution in [2.24, 2.45) is 0 Å². The number of hydrogen-bond donors (Lipinski definition) is 0. The van der Waals surface area contributed by atoms with Crippen molar-refractivity contribution in [3.8, 4) is 0 Å². The summed E-state index contributed by atoms with van der Waals surface area (Å²) in [4.78, 5) is 1.62. The number of alkyl halides is 1. The molecule has 8 heteroatoms. The van der Waals surface area contributed by atoms with Gasteiger partial charge in [-0.3, -0.25) is 0 Å². The third-order valence-corrected chi connectivity index (χ3v) is 5.71. The van der Waals surface area contributed by atoms with Gasteiger partial charge >= 0.3 is 0 Å². The maximum absolute atomic E-state index is 14.2. The highest BCUT2D eigenvalue weighted by Gasteiger charge is 2.31. The van der Waals surface area contributed by atoms with E-state index >= 15 is 0 Å². The number of halogens is 3. The van der Waals surface area contributed by atoms with E-state index in [1.54, 1.807) is 0 Å². The van der Waals surface area contributed by atoms with Crippen LogP contribution in [0.25, 0.3) is 0 Å². The van der Waals surface area contributed by atoms with Gasteiger partial charge in [0, 0.05) is 36.8 Å². The Balaban J connectivity index is 2.42. The molecule has 1 fully saturated rings. The molecule has 1 aromatic rings. The highest BCUT2D eigenvalue weighted by Crippen LogP contribution is 2.27. The van der Waals surface area contributed by atoms with E-state index in [4.69, 9.17) is 23.2 Å². The van der Waals surface area contributed by atoms with Crippen molar-refractivity contribution in [1.82, 2.24) is 9.21 Å². The lowest BCUT2D eigenvalue weighted by Crippen LogP contribution is -2.47. The normalized spacial score (nSPS) is 18.4. The molecule has 20 heavy (non-hydrogen) atoms. The first-order valence-corrected chi connectivity index (χ1v) is 8.44. The molecule has 0 atom stereocenters. The molecular formula is C12H15Cl2FN2O2S. The summed E-state index contributed by atoms with van der Waals surface area (Å²) in [5.41, 5.74) is 0.0897. The number of benzene rings is 1. The van der Waals surface area contributed by atoms with Crippen LogP contribution in [0.3, 0.4) is 0 Å². The number of rotatable bonds is 3. The van der Waals surface area contributed by atoms with Gasteiger partial charge in [-0.05, 0) is 19.2 Å². The van der Waals surface area contributed by atoms with E-state index in [0.29, 0.717) is 26.2 Å². The topological polar surface area (TPSA) is 40.6 Å². The smallest absolute Gasteiger partial charge is 0.246 e. The van der Waals surface area contributed by atoms with Crippen LogP contribution < -0.4 is 0 Å². The zero-order valence-electron chi connectivity index (χ0n) is 10.9. The van der Waals surface area contributed by atoms with Crippen LogP contribution in [0.2, 0.25) is 5.02 Å². The van der Waals surface area contributed by atoms with Crippen LogP contribution >= 0.6 is 23.2 Å². The second-order valence-corrected chi connectivity index (χ2v) is 7.33. The maximum Gasteiger partial charge on any atom is 0.246 e. The Morgan fingerprint density at radius 2 is 1.85 bits per heavy atom. The standard InChI is InChI=1S/C12H15Cl2FN2O2S/c1-16-2-4-17(5-3-16)20(18,19)11-7-10(14)6-9(8-13)12(11)15/h6-7H,2-5,8H2,1H3. The van der Waals surface area contributed by atoms with Crippen molar-refractivity contribution in [3.05, 3.63) is 28.5 Å². The van der Waals surface area contributed by atoms with Gasteiger partial charge in [0.05, 0.1) is 5.88 Å².